The average molecular weight is 196 g/mol. The summed E-state index contributed by atoms with van der Waals surface area (Å²) in [5, 5.41) is 11.3. The van der Waals surface area contributed by atoms with Crippen molar-refractivity contribution in [3.05, 3.63) is 29.3 Å². The molecule has 0 radical (unpaired) electrons. The molecule has 1 rings (SSSR count). The third-order valence-corrected chi connectivity index (χ3v) is 1.83. The van der Waals surface area contributed by atoms with Gasteiger partial charge in [0.2, 0.25) is 0 Å². The van der Waals surface area contributed by atoms with Crippen molar-refractivity contribution in [2.24, 2.45) is 0 Å². The number of benzene rings is 1. The summed E-state index contributed by atoms with van der Waals surface area (Å²) in [7, 11) is 0. The second-order valence-corrected chi connectivity index (χ2v) is 2.88. The molecule has 0 saturated carbocycles. The number of aryl methyl sites for hydroxylation is 1. The molecule has 1 aromatic carbocycles. The first-order chi connectivity index (χ1) is 6.65. The maximum Gasteiger partial charge on any atom is 0.255 e. The molecule has 0 aliphatic heterocycles. The summed E-state index contributed by atoms with van der Waals surface area (Å²) in [5.41, 5.74) is 1.67. The van der Waals surface area contributed by atoms with Crippen molar-refractivity contribution in [3.8, 4) is 6.07 Å². The van der Waals surface area contributed by atoms with Gasteiger partial charge in [0.05, 0.1) is 17.8 Å². The van der Waals surface area contributed by atoms with Crippen LogP contribution >= 0.6 is 0 Å². The highest BCUT2D eigenvalue weighted by Crippen LogP contribution is 2.18. The van der Waals surface area contributed by atoms with Gasteiger partial charge in [-0.15, -0.1) is 0 Å². The lowest BCUT2D eigenvalue weighted by molar-refractivity contribution is 0.163. The quantitative estimate of drug-likeness (QED) is 0.806. The summed E-state index contributed by atoms with van der Waals surface area (Å²) in [5.74, 6) is 0. The van der Waals surface area contributed by atoms with E-state index in [2.05, 4.69) is 5.32 Å². The first-order valence-electron chi connectivity index (χ1n) is 4.17. The van der Waals surface area contributed by atoms with Gasteiger partial charge in [0.1, 0.15) is 6.07 Å². The van der Waals surface area contributed by atoms with E-state index < -0.39 is 13.0 Å². The lowest BCUT2D eigenvalue weighted by atomic mass is 10.1. The van der Waals surface area contributed by atoms with Gasteiger partial charge in [0, 0.05) is 0 Å². The lowest BCUT2D eigenvalue weighted by Gasteiger charge is -2.08. The van der Waals surface area contributed by atoms with Crippen molar-refractivity contribution in [2.75, 3.05) is 11.9 Å². The van der Waals surface area contributed by atoms with E-state index in [0.717, 1.165) is 5.56 Å². The van der Waals surface area contributed by atoms with Crippen LogP contribution in [0, 0.1) is 18.3 Å². The van der Waals surface area contributed by atoms with Crippen LogP contribution < -0.4 is 5.32 Å². The number of nitrogens with one attached hydrogen (secondary N) is 1. The zero-order valence-corrected chi connectivity index (χ0v) is 7.72. The molecule has 0 saturated heterocycles. The van der Waals surface area contributed by atoms with Crippen LogP contribution in [0.3, 0.4) is 0 Å². The van der Waals surface area contributed by atoms with Crippen molar-refractivity contribution in [3.63, 3.8) is 0 Å². The summed E-state index contributed by atoms with van der Waals surface area (Å²) in [6.07, 6.45) is -2.41. The molecule has 0 heterocycles. The Bertz CT molecular complexity index is 356. The van der Waals surface area contributed by atoms with Crippen LogP contribution in [-0.4, -0.2) is 13.0 Å². The predicted octanol–water partition coefficient (Wildman–Crippen LogP) is 2.54. The van der Waals surface area contributed by atoms with Gasteiger partial charge in [-0.2, -0.15) is 5.26 Å². The molecule has 1 aromatic rings. The molecule has 0 fully saturated rings. The zero-order chi connectivity index (χ0) is 10.6. The Kier molecular flexibility index (Phi) is 3.41. The van der Waals surface area contributed by atoms with Crippen LogP contribution in [-0.2, 0) is 0 Å². The number of hydrogen-bond acceptors (Lipinski definition) is 2. The van der Waals surface area contributed by atoms with Gasteiger partial charge in [0.25, 0.3) is 6.43 Å². The largest absolute Gasteiger partial charge is 0.378 e. The Morgan fingerprint density at radius 3 is 2.79 bits per heavy atom. The van der Waals surface area contributed by atoms with Crippen LogP contribution in [0.25, 0.3) is 0 Å². The maximum absolute atomic E-state index is 11.9. The number of nitrogens with zero attached hydrogens (tertiary/aromatic N) is 1. The number of alkyl halides is 2. The van der Waals surface area contributed by atoms with Crippen LogP contribution in [0.2, 0.25) is 0 Å². The zero-order valence-electron chi connectivity index (χ0n) is 7.72. The van der Waals surface area contributed by atoms with E-state index in [0.29, 0.717) is 11.3 Å². The molecule has 0 aromatic heterocycles. The van der Waals surface area contributed by atoms with E-state index >= 15 is 0 Å². The third-order valence-electron chi connectivity index (χ3n) is 1.83. The summed E-state index contributed by atoms with van der Waals surface area (Å²) in [4.78, 5) is 0. The first kappa shape index (κ1) is 10.5. The van der Waals surface area contributed by atoms with Gasteiger partial charge in [-0.05, 0) is 18.6 Å². The minimum atomic E-state index is -2.41. The van der Waals surface area contributed by atoms with Crippen molar-refractivity contribution in [1.82, 2.24) is 0 Å². The molecule has 0 atom stereocenters. The number of hydrogen-bond donors (Lipinski definition) is 1. The lowest BCUT2D eigenvalue weighted by Crippen LogP contribution is -2.11. The highest BCUT2D eigenvalue weighted by atomic mass is 19.3. The fourth-order valence-corrected chi connectivity index (χ4v) is 1.15. The van der Waals surface area contributed by atoms with Gasteiger partial charge in [0.15, 0.2) is 0 Å². The molecular formula is C10H10F2N2. The van der Waals surface area contributed by atoms with Crippen LogP contribution in [0.15, 0.2) is 18.2 Å². The molecule has 1 N–H and O–H groups in total. The van der Waals surface area contributed by atoms with E-state index in [4.69, 9.17) is 5.26 Å². The monoisotopic (exact) mass is 196 g/mol. The van der Waals surface area contributed by atoms with Gasteiger partial charge < -0.3 is 5.32 Å². The Labute approximate surface area is 81.2 Å². The second kappa shape index (κ2) is 4.56. The topological polar surface area (TPSA) is 35.8 Å². The van der Waals surface area contributed by atoms with Crippen LogP contribution in [0.5, 0.6) is 0 Å². The Hall–Kier alpha value is -1.63. The number of halogens is 2. The first-order valence-corrected chi connectivity index (χ1v) is 4.17. The predicted molar refractivity (Wildman–Crippen MR) is 50.4 cm³/mol. The summed E-state index contributed by atoms with van der Waals surface area (Å²) < 4.78 is 23.8. The van der Waals surface area contributed by atoms with E-state index in [1.165, 1.54) is 0 Å². The van der Waals surface area contributed by atoms with Gasteiger partial charge in [-0.25, -0.2) is 8.78 Å². The maximum atomic E-state index is 11.9. The fraction of sp³-hybridized carbons (Fsp3) is 0.300. The molecule has 14 heavy (non-hydrogen) atoms. The van der Waals surface area contributed by atoms with Crippen molar-refractivity contribution >= 4 is 5.69 Å². The van der Waals surface area contributed by atoms with Crippen molar-refractivity contribution in [1.29, 1.82) is 5.26 Å². The number of nitriles is 1. The van der Waals surface area contributed by atoms with Gasteiger partial charge in [-0.1, -0.05) is 12.1 Å². The fourth-order valence-electron chi connectivity index (χ4n) is 1.15. The summed E-state index contributed by atoms with van der Waals surface area (Å²) >= 11 is 0. The molecule has 0 aliphatic carbocycles. The third kappa shape index (κ3) is 2.43. The average Bonchev–Trinajstić information content (AvgIpc) is 2.14. The Morgan fingerprint density at radius 1 is 1.50 bits per heavy atom. The number of rotatable bonds is 3. The molecule has 2 nitrogen and oxygen atoms in total. The molecule has 74 valence electrons. The summed E-state index contributed by atoms with van der Waals surface area (Å²) in [6, 6.07) is 7.10. The molecule has 4 heteroatoms. The van der Waals surface area contributed by atoms with Crippen molar-refractivity contribution in [2.45, 2.75) is 13.3 Å². The second-order valence-electron chi connectivity index (χ2n) is 2.88. The normalized spacial score (nSPS) is 9.93. The van der Waals surface area contributed by atoms with E-state index in [-0.39, 0.29) is 0 Å². The molecule has 0 spiro atoms. The Morgan fingerprint density at radius 2 is 2.21 bits per heavy atom. The standard InChI is InChI=1S/C10H10F2N2/c1-7-3-2-4-9(8(7)5-13)14-6-10(11)12/h2-4,10,14H,6H2,1H3. The minimum absolute atomic E-state index is 0.424. The smallest absolute Gasteiger partial charge is 0.255 e. The van der Waals surface area contributed by atoms with Gasteiger partial charge >= 0.3 is 0 Å². The molecule has 0 unspecified atom stereocenters. The minimum Gasteiger partial charge on any atom is -0.378 e. The van der Waals surface area contributed by atoms with E-state index in [9.17, 15) is 8.78 Å². The molecule has 0 aliphatic rings. The Balaban J connectivity index is 2.87. The van der Waals surface area contributed by atoms with Crippen LogP contribution in [0.4, 0.5) is 14.5 Å². The van der Waals surface area contributed by atoms with E-state index in [1.807, 2.05) is 6.07 Å². The van der Waals surface area contributed by atoms with Crippen LogP contribution in [0.1, 0.15) is 11.1 Å². The SMILES string of the molecule is Cc1cccc(NCC(F)F)c1C#N. The van der Waals surface area contributed by atoms with Gasteiger partial charge in [-0.3, -0.25) is 0 Å². The number of anilines is 1. The van der Waals surface area contributed by atoms with Crippen molar-refractivity contribution < 1.29 is 8.78 Å². The highest BCUT2D eigenvalue weighted by Gasteiger charge is 2.06. The molecule has 0 amide bonds. The molecular weight excluding hydrogens is 186 g/mol. The summed E-state index contributed by atoms with van der Waals surface area (Å²) in [6.45, 7) is 1.34. The highest BCUT2D eigenvalue weighted by molar-refractivity contribution is 5.60. The molecule has 0 bridgehead atoms. The van der Waals surface area contributed by atoms with E-state index in [1.54, 1.807) is 25.1 Å².